The highest BCUT2D eigenvalue weighted by Crippen LogP contribution is 2.41. The number of hydrogen-bond acceptors (Lipinski definition) is 3. The number of carbonyl (C=O) groups excluding carboxylic acids is 2. The third-order valence-electron chi connectivity index (χ3n) is 5.48. The lowest BCUT2D eigenvalue weighted by Crippen LogP contribution is -2.29. The average Bonchev–Trinajstić information content (AvgIpc) is 2.97. The van der Waals surface area contributed by atoms with Crippen molar-refractivity contribution in [1.29, 1.82) is 0 Å². The quantitative estimate of drug-likeness (QED) is 0.495. The molecule has 0 N–H and O–H groups in total. The molecule has 1 aliphatic carbocycles. The number of hydrogen-bond donors (Lipinski definition) is 0. The van der Waals surface area contributed by atoms with E-state index < -0.39 is 0 Å². The molecule has 0 fully saturated rings. The number of benzene rings is 1. The van der Waals surface area contributed by atoms with Crippen LogP contribution in [0.1, 0.15) is 61.3 Å². The second kappa shape index (κ2) is 8.23. The van der Waals surface area contributed by atoms with Gasteiger partial charge in [-0.05, 0) is 47.1 Å². The van der Waals surface area contributed by atoms with Crippen LogP contribution >= 0.6 is 11.6 Å². The summed E-state index contributed by atoms with van der Waals surface area (Å²) in [6.07, 6.45) is 5.28. The van der Waals surface area contributed by atoms with Gasteiger partial charge in [0.15, 0.2) is 5.78 Å². The molecule has 0 radical (unpaired) electrons. The Morgan fingerprint density at radius 3 is 1.97 bits per heavy atom. The molecule has 2 aliphatic rings. The summed E-state index contributed by atoms with van der Waals surface area (Å²) >= 11 is 6.37. The van der Waals surface area contributed by atoms with Crippen molar-refractivity contribution in [3.63, 3.8) is 0 Å². The van der Waals surface area contributed by atoms with Gasteiger partial charge in [-0.15, -0.1) is 0 Å². The molecule has 0 spiro atoms. The first-order chi connectivity index (χ1) is 14.4. The van der Waals surface area contributed by atoms with Crippen molar-refractivity contribution in [2.45, 2.75) is 61.3 Å². The van der Waals surface area contributed by atoms with Crippen molar-refractivity contribution >= 4 is 34.7 Å². The first-order valence-corrected chi connectivity index (χ1v) is 11.1. The molecule has 1 amide bonds. The van der Waals surface area contributed by atoms with Gasteiger partial charge in [-0.25, -0.2) is 0 Å². The van der Waals surface area contributed by atoms with Gasteiger partial charge >= 0.3 is 0 Å². The van der Waals surface area contributed by atoms with Crippen molar-refractivity contribution in [2.75, 3.05) is 5.01 Å². The molecule has 5 heteroatoms. The maximum absolute atomic E-state index is 13.6. The number of amides is 1. The summed E-state index contributed by atoms with van der Waals surface area (Å²) in [5, 5.41) is 6.51. The van der Waals surface area contributed by atoms with Crippen molar-refractivity contribution in [2.24, 2.45) is 15.9 Å². The Morgan fingerprint density at radius 1 is 0.935 bits per heavy atom. The van der Waals surface area contributed by atoms with Gasteiger partial charge < -0.3 is 0 Å². The van der Waals surface area contributed by atoms with E-state index in [1.165, 1.54) is 5.01 Å². The van der Waals surface area contributed by atoms with Crippen molar-refractivity contribution in [3.8, 4) is 0 Å². The van der Waals surface area contributed by atoms with E-state index in [0.29, 0.717) is 33.9 Å². The maximum atomic E-state index is 13.6. The summed E-state index contributed by atoms with van der Waals surface area (Å²) in [7, 11) is 0. The van der Waals surface area contributed by atoms with Gasteiger partial charge in [0, 0.05) is 11.1 Å². The molecule has 1 heterocycles. The molecule has 0 unspecified atom stereocenters. The summed E-state index contributed by atoms with van der Waals surface area (Å²) in [6.45, 7) is 14.2. The second-order valence-electron chi connectivity index (χ2n) is 10.1. The predicted octanol–water partition coefficient (Wildman–Crippen LogP) is 6.67. The first kappa shape index (κ1) is 23.2. The topological polar surface area (TPSA) is 49.7 Å². The van der Waals surface area contributed by atoms with Crippen molar-refractivity contribution in [3.05, 3.63) is 63.7 Å². The average molecular weight is 439 g/mol. The van der Waals surface area contributed by atoms with Crippen LogP contribution in [0.3, 0.4) is 0 Å². The Morgan fingerprint density at radius 2 is 1.48 bits per heavy atom. The molecule has 4 nitrogen and oxygen atoms in total. The Kier molecular flexibility index (Phi) is 6.16. The molecule has 0 saturated carbocycles. The molecule has 164 valence electrons. The first-order valence-electron chi connectivity index (χ1n) is 10.8. The van der Waals surface area contributed by atoms with Crippen molar-refractivity contribution < 1.29 is 9.59 Å². The molecule has 31 heavy (non-hydrogen) atoms. The van der Waals surface area contributed by atoms with E-state index in [2.05, 4.69) is 12.0 Å². The number of rotatable bonds is 3. The minimum Gasteiger partial charge on any atom is -0.289 e. The number of nitrogens with zero attached hydrogens (tertiary/aromatic N) is 2. The smallest absolute Gasteiger partial charge is 0.281 e. The number of halogens is 1. The third kappa shape index (κ3) is 4.45. The van der Waals surface area contributed by atoms with Crippen LogP contribution in [0.2, 0.25) is 5.02 Å². The van der Waals surface area contributed by atoms with E-state index in [4.69, 9.17) is 11.6 Å². The van der Waals surface area contributed by atoms with Crippen LogP contribution in [-0.4, -0.2) is 17.4 Å². The molecular weight excluding hydrogens is 408 g/mol. The molecule has 0 aromatic heterocycles. The maximum Gasteiger partial charge on any atom is 0.281 e. The molecular formula is C26H31ClN2O2. The van der Waals surface area contributed by atoms with Gasteiger partial charge in [0.05, 0.1) is 22.0 Å². The van der Waals surface area contributed by atoms with Gasteiger partial charge in [-0.1, -0.05) is 78.6 Å². The van der Waals surface area contributed by atoms with E-state index in [1.807, 2.05) is 65.8 Å². The number of hydrazone groups is 1. The molecule has 1 aliphatic heterocycles. The fraction of sp³-hybridized carbons (Fsp3) is 0.423. The zero-order valence-electron chi connectivity index (χ0n) is 19.5. The number of para-hydroxylation sites is 1. The van der Waals surface area contributed by atoms with Gasteiger partial charge in [-0.2, -0.15) is 10.1 Å². The van der Waals surface area contributed by atoms with Crippen LogP contribution in [0.4, 0.5) is 5.69 Å². The number of allylic oxidation sites excluding steroid dienone is 5. The zero-order valence-corrected chi connectivity index (χ0v) is 20.2. The summed E-state index contributed by atoms with van der Waals surface area (Å²) in [5.74, 6) is -0.165. The number of Topliss-reactive ketones (excluding diaryl/α,β-unsaturated/α-hetero) is 1. The molecule has 0 bridgehead atoms. The largest absolute Gasteiger partial charge is 0.289 e. The van der Waals surface area contributed by atoms with Crippen molar-refractivity contribution in [1.82, 2.24) is 0 Å². The van der Waals surface area contributed by atoms with Crippen LogP contribution in [-0.2, 0) is 9.59 Å². The minimum absolute atomic E-state index is 0.0479. The highest BCUT2D eigenvalue weighted by molar-refractivity contribution is 6.36. The monoisotopic (exact) mass is 438 g/mol. The fourth-order valence-corrected chi connectivity index (χ4v) is 4.04. The Hall–Kier alpha value is -2.46. The van der Waals surface area contributed by atoms with Gasteiger partial charge in [0.1, 0.15) is 0 Å². The van der Waals surface area contributed by atoms with E-state index in [9.17, 15) is 9.59 Å². The normalized spacial score (nSPS) is 17.8. The van der Waals surface area contributed by atoms with E-state index in [-0.39, 0.29) is 22.5 Å². The van der Waals surface area contributed by atoms with E-state index in [0.717, 1.165) is 17.7 Å². The lowest BCUT2D eigenvalue weighted by atomic mass is 9.71. The molecule has 0 atom stereocenters. The number of carbonyl (C=O) groups is 2. The molecule has 3 rings (SSSR count). The Labute approximate surface area is 190 Å². The highest BCUT2D eigenvalue weighted by Gasteiger charge is 2.38. The molecule has 1 aromatic rings. The summed E-state index contributed by atoms with van der Waals surface area (Å²) in [5.41, 5.74) is 3.32. The SMILES string of the molecule is CCCC1=NN(c2ccccc2Cl)C(=O)C1=C1C=C(C(C)(C)C)C(=O)C(C(C)(C)C)=C1. The minimum atomic E-state index is -0.347. The summed E-state index contributed by atoms with van der Waals surface area (Å²) < 4.78 is 0. The van der Waals surface area contributed by atoms with Gasteiger partial charge in [0.25, 0.3) is 5.91 Å². The number of ketones is 1. The van der Waals surface area contributed by atoms with Gasteiger partial charge in [0.2, 0.25) is 0 Å². The zero-order chi connectivity index (χ0) is 23.1. The third-order valence-corrected chi connectivity index (χ3v) is 5.80. The highest BCUT2D eigenvalue weighted by atomic mass is 35.5. The molecule has 0 saturated heterocycles. The van der Waals surface area contributed by atoms with Crippen LogP contribution in [0, 0.1) is 10.8 Å². The lowest BCUT2D eigenvalue weighted by molar-refractivity contribution is -0.115. The standard InChI is InChI=1S/C26H31ClN2O2/c1-8-11-20-22(24(31)29(28-20)21-13-10-9-12-19(21)27)16-14-17(25(2,3)4)23(30)18(15-16)26(5,6)7/h9-10,12-15H,8,11H2,1-7H3. The van der Waals surface area contributed by atoms with Crippen LogP contribution < -0.4 is 5.01 Å². The Balaban J connectivity index is 2.26. The summed E-state index contributed by atoms with van der Waals surface area (Å²) in [4.78, 5) is 26.9. The second-order valence-corrected chi connectivity index (χ2v) is 10.5. The van der Waals surface area contributed by atoms with E-state index in [1.54, 1.807) is 12.1 Å². The Bertz CT molecular complexity index is 1020. The van der Waals surface area contributed by atoms with Gasteiger partial charge in [-0.3, -0.25) is 9.59 Å². The fourth-order valence-electron chi connectivity index (χ4n) is 3.82. The molecule has 1 aromatic carbocycles. The lowest BCUT2D eigenvalue weighted by Gasteiger charge is -2.31. The predicted molar refractivity (Wildman–Crippen MR) is 128 cm³/mol. The summed E-state index contributed by atoms with van der Waals surface area (Å²) in [6, 6.07) is 7.20. The number of anilines is 1. The van der Waals surface area contributed by atoms with E-state index >= 15 is 0 Å². The van der Waals surface area contributed by atoms with Crippen LogP contribution in [0.25, 0.3) is 0 Å². The van der Waals surface area contributed by atoms with Crippen LogP contribution in [0.5, 0.6) is 0 Å². The van der Waals surface area contributed by atoms with Crippen LogP contribution in [0.15, 0.2) is 63.8 Å².